The number of thioether (sulfide) groups is 1. The van der Waals surface area contributed by atoms with Crippen molar-refractivity contribution in [3.8, 4) is 0 Å². The molecule has 1 rings (SSSR count). The van der Waals surface area contributed by atoms with Crippen molar-refractivity contribution in [2.75, 3.05) is 12.3 Å². The van der Waals surface area contributed by atoms with Gasteiger partial charge in [0.25, 0.3) is 0 Å². The van der Waals surface area contributed by atoms with Crippen LogP contribution in [0.2, 0.25) is 5.02 Å². The first-order valence-electron chi connectivity index (χ1n) is 5.08. The highest BCUT2D eigenvalue weighted by molar-refractivity contribution is 8.00. The lowest BCUT2D eigenvalue weighted by Gasteiger charge is -2.04. The lowest BCUT2D eigenvalue weighted by molar-refractivity contribution is -0.117. The average Bonchev–Trinajstić information content (AvgIpc) is 2.28. The van der Waals surface area contributed by atoms with Crippen molar-refractivity contribution in [3.05, 3.63) is 29.3 Å². The molecule has 1 aromatic rings. The van der Waals surface area contributed by atoms with E-state index in [4.69, 9.17) is 11.6 Å². The van der Waals surface area contributed by atoms with Gasteiger partial charge in [0.2, 0.25) is 5.91 Å². The monoisotopic (exact) mass is 272 g/mol. The molecule has 0 saturated carbocycles. The molecular formula is C11H13ClN2O2S. The van der Waals surface area contributed by atoms with Crippen LogP contribution in [0.15, 0.2) is 29.2 Å². The van der Waals surface area contributed by atoms with E-state index in [0.717, 1.165) is 4.90 Å². The topological polar surface area (TPSA) is 58.2 Å². The lowest BCUT2D eigenvalue weighted by atomic mass is 10.4. The summed E-state index contributed by atoms with van der Waals surface area (Å²) in [5.74, 6) is -0.130. The minimum absolute atomic E-state index is 0.193. The number of halogens is 1. The van der Waals surface area contributed by atoms with Crippen molar-refractivity contribution in [1.82, 2.24) is 10.6 Å². The molecule has 17 heavy (non-hydrogen) atoms. The average molecular weight is 273 g/mol. The van der Waals surface area contributed by atoms with E-state index in [0.29, 0.717) is 11.6 Å². The summed E-state index contributed by atoms with van der Waals surface area (Å²) in [7, 11) is 0. The summed E-state index contributed by atoms with van der Waals surface area (Å²) in [6.45, 7) is 2.27. The number of carbonyl (C=O) groups is 2. The molecule has 0 aromatic heterocycles. The third kappa shape index (κ3) is 5.60. The van der Waals surface area contributed by atoms with Crippen molar-refractivity contribution >= 4 is 35.3 Å². The Labute approximate surface area is 109 Å². The second-order valence-electron chi connectivity index (χ2n) is 3.15. The molecule has 4 nitrogen and oxygen atoms in total. The summed E-state index contributed by atoms with van der Waals surface area (Å²) in [5.41, 5.74) is 0. The molecule has 0 aliphatic rings. The largest absolute Gasteiger partial charge is 0.338 e. The highest BCUT2D eigenvalue weighted by atomic mass is 35.5. The fourth-order valence-electron chi connectivity index (χ4n) is 1.05. The molecule has 0 spiro atoms. The smallest absolute Gasteiger partial charge is 0.321 e. The molecule has 0 aliphatic heterocycles. The lowest BCUT2D eigenvalue weighted by Crippen LogP contribution is -2.40. The van der Waals surface area contributed by atoms with Crippen LogP contribution < -0.4 is 10.6 Å². The number of hydrogen-bond acceptors (Lipinski definition) is 3. The Kier molecular flexibility index (Phi) is 5.86. The van der Waals surface area contributed by atoms with Gasteiger partial charge in [-0.3, -0.25) is 10.1 Å². The van der Waals surface area contributed by atoms with E-state index in [1.165, 1.54) is 11.8 Å². The Morgan fingerprint density at radius 3 is 2.53 bits per heavy atom. The predicted octanol–water partition coefficient (Wildman–Crippen LogP) is 2.28. The van der Waals surface area contributed by atoms with Gasteiger partial charge in [0.15, 0.2) is 0 Å². The Balaban J connectivity index is 2.33. The molecule has 2 N–H and O–H groups in total. The molecule has 0 saturated heterocycles. The van der Waals surface area contributed by atoms with Crippen molar-refractivity contribution in [2.45, 2.75) is 11.8 Å². The van der Waals surface area contributed by atoms with Crippen LogP contribution in [0.1, 0.15) is 6.92 Å². The predicted molar refractivity (Wildman–Crippen MR) is 69.4 cm³/mol. The number of amides is 3. The van der Waals surface area contributed by atoms with Gasteiger partial charge in [-0.2, -0.15) is 0 Å². The summed E-state index contributed by atoms with van der Waals surface area (Å²) < 4.78 is 0. The fourth-order valence-corrected chi connectivity index (χ4v) is 1.87. The molecule has 0 bridgehead atoms. The number of urea groups is 1. The molecule has 92 valence electrons. The van der Waals surface area contributed by atoms with Gasteiger partial charge in [0, 0.05) is 16.5 Å². The van der Waals surface area contributed by atoms with Crippen molar-refractivity contribution in [2.24, 2.45) is 0 Å². The van der Waals surface area contributed by atoms with Crippen LogP contribution in [0.4, 0.5) is 4.79 Å². The minimum Gasteiger partial charge on any atom is -0.338 e. The van der Waals surface area contributed by atoms with Gasteiger partial charge in [0.1, 0.15) is 0 Å². The maximum absolute atomic E-state index is 11.3. The number of nitrogens with one attached hydrogen (secondary N) is 2. The quantitative estimate of drug-likeness (QED) is 0.827. The van der Waals surface area contributed by atoms with E-state index in [1.807, 2.05) is 12.1 Å². The number of carbonyl (C=O) groups excluding carboxylic acids is 2. The van der Waals surface area contributed by atoms with E-state index in [9.17, 15) is 9.59 Å². The number of rotatable bonds is 4. The van der Waals surface area contributed by atoms with Crippen LogP contribution >= 0.6 is 23.4 Å². The van der Waals surface area contributed by atoms with Crippen molar-refractivity contribution in [3.63, 3.8) is 0 Å². The van der Waals surface area contributed by atoms with Gasteiger partial charge >= 0.3 is 6.03 Å². The first kappa shape index (κ1) is 13.9. The van der Waals surface area contributed by atoms with Gasteiger partial charge in [-0.05, 0) is 31.2 Å². The molecule has 0 unspecified atom stereocenters. The first-order valence-corrected chi connectivity index (χ1v) is 6.44. The number of hydrogen-bond donors (Lipinski definition) is 2. The summed E-state index contributed by atoms with van der Waals surface area (Å²) in [4.78, 5) is 23.3. The second-order valence-corrected chi connectivity index (χ2v) is 4.64. The number of imide groups is 1. The van der Waals surface area contributed by atoms with E-state index in [-0.39, 0.29) is 11.7 Å². The van der Waals surface area contributed by atoms with Gasteiger partial charge in [-0.15, -0.1) is 11.8 Å². The highest BCUT2D eigenvalue weighted by Crippen LogP contribution is 2.19. The van der Waals surface area contributed by atoms with E-state index >= 15 is 0 Å². The molecule has 0 atom stereocenters. The SMILES string of the molecule is CCNC(=O)NC(=O)CSc1ccc(Cl)cc1. The van der Waals surface area contributed by atoms with Gasteiger partial charge in [-0.1, -0.05) is 11.6 Å². The third-order valence-electron chi connectivity index (χ3n) is 1.77. The molecular weight excluding hydrogens is 260 g/mol. The third-order valence-corrected chi connectivity index (χ3v) is 3.04. The Hall–Kier alpha value is -1.20. The Morgan fingerprint density at radius 1 is 1.29 bits per heavy atom. The molecule has 1 aromatic carbocycles. The van der Waals surface area contributed by atoms with E-state index in [1.54, 1.807) is 19.1 Å². The second kappa shape index (κ2) is 7.19. The maximum atomic E-state index is 11.3. The first-order chi connectivity index (χ1) is 8.11. The fraction of sp³-hybridized carbons (Fsp3) is 0.273. The molecule has 0 fully saturated rings. The summed E-state index contributed by atoms with van der Waals surface area (Å²) in [6.07, 6.45) is 0. The van der Waals surface area contributed by atoms with Crippen molar-refractivity contribution in [1.29, 1.82) is 0 Å². The zero-order valence-electron chi connectivity index (χ0n) is 9.33. The van der Waals surface area contributed by atoms with Crippen LogP contribution in [0.3, 0.4) is 0 Å². The Morgan fingerprint density at radius 2 is 1.94 bits per heavy atom. The van der Waals surface area contributed by atoms with Gasteiger partial charge in [0.05, 0.1) is 5.75 Å². The highest BCUT2D eigenvalue weighted by Gasteiger charge is 2.06. The van der Waals surface area contributed by atoms with Gasteiger partial charge in [-0.25, -0.2) is 4.79 Å². The van der Waals surface area contributed by atoms with Crippen molar-refractivity contribution < 1.29 is 9.59 Å². The van der Waals surface area contributed by atoms with Crippen LogP contribution in [0.5, 0.6) is 0 Å². The summed E-state index contributed by atoms with van der Waals surface area (Å²) in [5, 5.41) is 5.36. The van der Waals surface area contributed by atoms with Crippen LogP contribution in [0.25, 0.3) is 0 Å². The normalized spacial score (nSPS) is 9.76. The molecule has 0 aliphatic carbocycles. The molecule has 6 heteroatoms. The maximum Gasteiger partial charge on any atom is 0.321 e. The number of benzene rings is 1. The van der Waals surface area contributed by atoms with E-state index < -0.39 is 6.03 Å². The van der Waals surface area contributed by atoms with Crippen LogP contribution in [-0.2, 0) is 4.79 Å². The zero-order chi connectivity index (χ0) is 12.7. The van der Waals surface area contributed by atoms with Crippen LogP contribution in [0, 0.1) is 0 Å². The van der Waals surface area contributed by atoms with E-state index in [2.05, 4.69) is 10.6 Å². The zero-order valence-corrected chi connectivity index (χ0v) is 10.9. The summed E-state index contributed by atoms with van der Waals surface area (Å²) >= 11 is 7.08. The minimum atomic E-state index is -0.464. The summed E-state index contributed by atoms with van der Waals surface area (Å²) in [6, 6.07) is 6.70. The standard InChI is InChI=1S/C11H13ClN2O2S/c1-2-13-11(16)14-10(15)7-17-9-5-3-8(12)4-6-9/h3-6H,2,7H2,1H3,(H2,13,14,15,16). The Bertz CT molecular complexity index is 395. The van der Waals surface area contributed by atoms with Crippen LogP contribution in [-0.4, -0.2) is 24.2 Å². The van der Waals surface area contributed by atoms with Gasteiger partial charge < -0.3 is 5.32 Å². The molecule has 3 amide bonds. The molecule has 0 heterocycles. The molecule has 0 radical (unpaired) electrons.